The lowest BCUT2D eigenvalue weighted by Crippen LogP contribution is -2.15. The van der Waals surface area contributed by atoms with Gasteiger partial charge in [-0.3, -0.25) is 0 Å². The van der Waals surface area contributed by atoms with Gasteiger partial charge >= 0.3 is 5.63 Å². The minimum Gasteiger partial charge on any atom is -0.497 e. The van der Waals surface area contributed by atoms with Crippen molar-refractivity contribution in [3.05, 3.63) is 52.4 Å². The molecule has 5 heteroatoms. The van der Waals surface area contributed by atoms with E-state index in [1.807, 2.05) is 18.2 Å². The maximum Gasteiger partial charge on any atom is 0.344 e. The van der Waals surface area contributed by atoms with Crippen LogP contribution in [0.1, 0.15) is 5.56 Å². The van der Waals surface area contributed by atoms with Gasteiger partial charge in [-0.1, -0.05) is 0 Å². The van der Waals surface area contributed by atoms with Crippen LogP contribution in [0.2, 0.25) is 0 Å². The summed E-state index contributed by atoms with van der Waals surface area (Å²) in [5.41, 5.74) is 2.21. The maximum absolute atomic E-state index is 12.5. The molecule has 23 heavy (non-hydrogen) atoms. The van der Waals surface area contributed by atoms with Crippen molar-refractivity contribution in [2.24, 2.45) is 0 Å². The highest BCUT2D eigenvalue weighted by Crippen LogP contribution is 2.40. The second-order valence-corrected chi connectivity index (χ2v) is 5.26. The molecule has 1 aliphatic rings. The molecule has 0 atom stereocenters. The summed E-state index contributed by atoms with van der Waals surface area (Å²) < 4.78 is 21.7. The Kier molecular flexibility index (Phi) is 3.01. The lowest BCUT2D eigenvalue weighted by atomic mass is 9.96. The second kappa shape index (κ2) is 5.05. The molecule has 0 fully saturated rings. The zero-order valence-electron chi connectivity index (χ0n) is 12.7. The number of methoxy groups -OCH3 is 2. The average molecular weight is 310 g/mol. The summed E-state index contributed by atoms with van der Waals surface area (Å²) in [7, 11) is 3.16. The maximum atomic E-state index is 12.5. The predicted molar refractivity (Wildman–Crippen MR) is 85.4 cm³/mol. The Balaban J connectivity index is 2.01. The van der Waals surface area contributed by atoms with Crippen molar-refractivity contribution in [3.8, 4) is 28.4 Å². The summed E-state index contributed by atoms with van der Waals surface area (Å²) in [4.78, 5) is 12.5. The Bertz CT molecular complexity index is 971. The van der Waals surface area contributed by atoms with Crippen LogP contribution in [0.15, 0.2) is 45.6 Å². The first-order valence-electron chi connectivity index (χ1n) is 7.16. The Hall–Kier alpha value is -2.95. The molecule has 1 aromatic heterocycles. The van der Waals surface area contributed by atoms with Gasteiger partial charge in [-0.25, -0.2) is 4.79 Å². The van der Waals surface area contributed by atoms with Crippen molar-refractivity contribution in [1.82, 2.24) is 0 Å². The molecule has 0 radical (unpaired) electrons. The topological polar surface area (TPSA) is 57.9 Å². The first kappa shape index (κ1) is 13.7. The van der Waals surface area contributed by atoms with Crippen molar-refractivity contribution in [2.75, 3.05) is 14.2 Å². The molecule has 4 rings (SSSR count). The van der Waals surface area contributed by atoms with Gasteiger partial charge in [0.15, 0.2) is 0 Å². The predicted octanol–water partition coefficient (Wildman–Crippen LogP) is 3.37. The van der Waals surface area contributed by atoms with Gasteiger partial charge in [0.2, 0.25) is 0 Å². The van der Waals surface area contributed by atoms with E-state index in [4.69, 9.17) is 18.6 Å². The van der Waals surface area contributed by atoms with Crippen molar-refractivity contribution in [1.29, 1.82) is 0 Å². The number of hydrogen-bond acceptors (Lipinski definition) is 5. The Morgan fingerprint density at radius 2 is 1.74 bits per heavy atom. The highest BCUT2D eigenvalue weighted by Gasteiger charge is 2.24. The van der Waals surface area contributed by atoms with Crippen LogP contribution in [0, 0.1) is 0 Å². The van der Waals surface area contributed by atoms with Gasteiger partial charge < -0.3 is 18.6 Å². The first-order chi connectivity index (χ1) is 11.2. The lowest BCUT2D eigenvalue weighted by Gasteiger charge is -2.21. The summed E-state index contributed by atoms with van der Waals surface area (Å²) in [5, 5.41) is 0.849. The smallest absolute Gasteiger partial charge is 0.344 e. The molecule has 0 saturated heterocycles. The van der Waals surface area contributed by atoms with E-state index in [1.54, 1.807) is 32.4 Å². The Labute approximate surface area is 132 Å². The van der Waals surface area contributed by atoms with Gasteiger partial charge in [0.05, 0.1) is 19.8 Å². The highest BCUT2D eigenvalue weighted by molar-refractivity contribution is 5.89. The third kappa shape index (κ3) is 2.04. The van der Waals surface area contributed by atoms with E-state index < -0.39 is 0 Å². The number of ether oxygens (including phenoxy) is 3. The van der Waals surface area contributed by atoms with E-state index in [-0.39, 0.29) is 5.63 Å². The average Bonchev–Trinajstić information content (AvgIpc) is 2.60. The van der Waals surface area contributed by atoms with E-state index in [2.05, 4.69) is 0 Å². The monoisotopic (exact) mass is 310 g/mol. The normalized spacial score (nSPS) is 12.3. The molecule has 3 aromatic rings. The summed E-state index contributed by atoms with van der Waals surface area (Å²) in [6.45, 7) is 0.309. The molecule has 0 aliphatic carbocycles. The summed E-state index contributed by atoms with van der Waals surface area (Å²) in [5.74, 6) is 1.95. The van der Waals surface area contributed by atoms with Crippen LogP contribution >= 0.6 is 0 Å². The molecule has 116 valence electrons. The second-order valence-electron chi connectivity index (χ2n) is 5.26. The van der Waals surface area contributed by atoms with Crippen LogP contribution < -0.4 is 19.8 Å². The molecule has 0 N–H and O–H groups in total. The van der Waals surface area contributed by atoms with Crippen LogP contribution in [0.4, 0.5) is 0 Å². The molecule has 0 unspecified atom stereocenters. The van der Waals surface area contributed by atoms with Gasteiger partial charge in [-0.15, -0.1) is 0 Å². The largest absolute Gasteiger partial charge is 0.497 e. The minimum absolute atomic E-state index is 0.309. The molecule has 1 aliphatic heterocycles. The zero-order chi connectivity index (χ0) is 16.0. The molecule has 0 amide bonds. The number of rotatable bonds is 2. The first-order valence-corrected chi connectivity index (χ1v) is 7.16. The number of hydrogen-bond donors (Lipinski definition) is 0. The fourth-order valence-corrected chi connectivity index (χ4v) is 2.90. The quantitative estimate of drug-likeness (QED) is 0.679. The summed E-state index contributed by atoms with van der Waals surface area (Å²) in [6, 6.07) is 10.8. The van der Waals surface area contributed by atoms with Crippen molar-refractivity contribution >= 4 is 11.0 Å². The third-order valence-corrected chi connectivity index (χ3v) is 4.05. The van der Waals surface area contributed by atoms with E-state index in [0.29, 0.717) is 35.0 Å². The standard InChI is InChI=1S/C18H14O5/c1-20-10-4-6-13-15(7-10)22-9-14-12-5-3-11(21-2)8-16(12)23-18(19)17(13)14/h3-8H,9H2,1-2H3. The minimum atomic E-state index is -0.379. The van der Waals surface area contributed by atoms with Gasteiger partial charge in [0, 0.05) is 28.6 Å². The SMILES string of the molecule is COc1ccc2c(c1)OCc1c-2c(=O)oc2cc(OC)ccc12. The van der Waals surface area contributed by atoms with E-state index in [0.717, 1.165) is 16.5 Å². The molecule has 2 heterocycles. The molecular weight excluding hydrogens is 296 g/mol. The summed E-state index contributed by atoms with van der Waals surface area (Å²) >= 11 is 0. The molecule has 0 saturated carbocycles. The van der Waals surface area contributed by atoms with Crippen LogP contribution in [-0.4, -0.2) is 14.2 Å². The lowest BCUT2D eigenvalue weighted by molar-refractivity contribution is 0.299. The molecule has 0 spiro atoms. The Morgan fingerprint density at radius 3 is 2.52 bits per heavy atom. The van der Waals surface area contributed by atoms with Gasteiger partial charge in [0.25, 0.3) is 0 Å². The van der Waals surface area contributed by atoms with Crippen molar-refractivity contribution < 1.29 is 18.6 Å². The fourth-order valence-electron chi connectivity index (χ4n) is 2.90. The third-order valence-electron chi connectivity index (χ3n) is 4.05. The van der Waals surface area contributed by atoms with E-state index >= 15 is 0 Å². The molecule has 5 nitrogen and oxygen atoms in total. The van der Waals surface area contributed by atoms with E-state index in [9.17, 15) is 4.79 Å². The molecular formula is C18H14O5. The highest BCUT2D eigenvalue weighted by atomic mass is 16.5. The summed E-state index contributed by atoms with van der Waals surface area (Å²) in [6.07, 6.45) is 0. The van der Waals surface area contributed by atoms with Gasteiger partial charge in [0.1, 0.15) is 29.4 Å². The number of fused-ring (bicyclic) bond motifs is 5. The number of benzene rings is 2. The van der Waals surface area contributed by atoms with Crippen molar-refractivity contribution in [3.63, 3.8) is 0 Å². The van der Waals surface area contributed by atoms with Crippen LogP contribution in [0.5, 0.6) is 17.2 Å². The molecule has 2 aromatic carbocycles. The van der Waals surface area contributed by atoms with Gasteiger partial charge in [-0.2, -0.15) is 0 Å². The van der Waals surface area contributed by atoms with Crippen LogP contribution in [0.3, 0.4) is 0 Å². The van der Waals surface area contributed by atoms with Crippen LogP contribution in [0.25, 0.3) is 22.1 Å². The van der Waals surface area contributed by atoms with Crippen LogP contribution in [-0.2, 0) is 6.61 Å². The fraction of sp³-hybridized carbons (Fsp3) is 0.167. The molecule has 0 bridgehead atoms. The Morgan fingerprint density at radius 1 is 1.00 bits per heavy atom. The van der Waals surface area contributed by atoms with E-state index in [1.165, 1.54) is 0 Å². The zero-order valence-corrected chi connectivity index (χ0v) is 12.7. The van der Waals surface area contributed by atoms with Crippen molar-refractivity contribution in [2.45, 2.75) is 6.61 Å². The van der Waals surface area contributed by atoms with Gasteiger partial charge in [-0.05, 0) is 24.3 Å².